The van der Waals surface area contributed by atoms with Gasteiger partial charge in [-0.05, 0) is 24.8 Å². The standard InChI is InChI=1S/C14H15ClN2S3/c1-7-11(19-6-5-18-7)13-16-12(15)10-8-3-2-4-9(8)20-14(10)17-13/h7,11H,2-6H2,1H3. The van der Waals surface area contributed by atoms with Crippen molar-refractivity contribution in [3.63, 3.8) is 0 Å². The van der Waals surface area contributed by atoms with Crippen molar-refractivity contribution >= 4 is 56.7 Å². The molecule has 20 heavy (non-hydrogen) atoms. The molecule has 106 valence electrons. The van der Waals surface area contributed by atoms with Gasteiger partial charge in [0.25, 0.3) is 0 Å². The average Bonchev–Trinajstić information content (AvgIpc) is 2.98. The summed E-state index contributed by atoms with van der Waals surface area (Å²) in [7, 11) is 0. The molecule has 0 aromatic carbocycles. The highest BCUT2D eigenvalue weighted by Gasteiger charge is 2.29. The Morgan fingerprint density at radius 2 is 2.00 bits per heavy atom. The van der Waals surface area contributed by atoms with Gasteiger partial charge in [-0.15, -0.1) is 23.1 Å². The van der Waals surface area contributed by atoms with Crippen LogP contribution in [0.1, 0.15) is 34.9 Å². The van der Waals surface area contributed by atoms with E-state index in [4.69, 9.17) is 16.6 Å². The highest BCUT2D eigenvalue weighted by Crippen LogP contribution is 2.44. The second-order valence-corrected chi connectivity index (χ2v) is 9.45. The molecule has 1 aliphatic heterocycles. The number of hydrogen-bond donors (Lipinski definition) is 0. The minimum Gasteiger partial charge on any atom is -0.221 e. The topological polar surface area (TPSA) is 25.8 Å². The van der Waals surface area contributed by atoms with Gasteiger partial charge in [-0.25, -0.2) is 9.97 Å². The first-order valence-electron chi connectivity index (χ1n) is 6.95. The first-order chi connectivity index (χ1) is 9.74. The summed E-state index contributed by atoms with van der Waals surface area (Å²) in [6.45, 7) is 2.28. The molecule has 6 heteroatoms. The van der Waals surface area contributed by atoms with Gasteiger partial charge in [0.1, 0.15) is 15.8 Å². The van der Waals surface area contributed by atoms with Crippen LogP contribution in [0.25, 0.3) is 10.2 Å². The van der Waals surface area contributed by atoms with Crippen LogP contribution in [0.3, 0.4) is 0 Å². The number of thioether (sulfide) groups is 2. The van der Waals surface area contributed by atoms with Gasteiger partial charge in [0.2, 0.25) is 0 Å². The number of nitrogens with zero attached hydrogens (tertiary/aromatic N) is 2. The fraction of sp³-hybridized carbons (Fsp3) is 0.571. The highest BCUT2D eigenvalue weighted by molar-refractivity contribution is 8.06. The van der Waals surface area contributed by atoms with Gasteiger partial charge in [0.15, 0.2) is 0 Å². The molecule has 4 rings (SSSR count). The van der Waals surface area contributed by atoms with Crippen LogP contribution in [-0.4, -0.2) is 26.7 Å². The zero-order chi connectivity index (χ0) is 13.7. The second kappa shape index (κ2) is 5.34. The fourth-order valence-electron chi connectivity index (χ4n) is 3.01. The number of aromatic nitrogens is 2. The Morgan fingerprint density at radius 1 is 1.15 bits per heavy atom. The predicted octanol–water partition coefficient (Wildman–Crippen LogP) is 4.74. The lowest BCUT2D eigenvalue weighted by Gasteiger charge is -2.26. The summed E-state index contributed by atoms with van der Waals surface area (Å²) in [4.78, 5) is 12.1. The Bertz CT molecular complexity index is 670. The van der Waals surface area contributed by atoms with Crippen molar-refractivity contribution in [3.8, 4) is 0 Å². The van der Waals surface area contributed by atoms with Crippen molar-refractivity contribution in [2.75, 3.05) is 11.5 Å². The third kappa shape index (κ3) is 2.18. The summed E-state index contributed by atoms with van der Waals surface area (Å²) in [6.07, 6.45) is 3.58. The fourth-order valence-corrected chi connectivity index (χ4v) is 7.31. The summed E-state index contributed by atoms with van der Waals surface area (Å²) >= 11 is 12.3. The third-order valence-electron chi connectivity index (χ3n) is 3.98. The minimum atomic E-state index is 0.382. The van der Waals surface area contributed by atoms with Crippen LogP contribution in [0, 0.1) is 0 Å². The van der Waals surface area contributed by atoms with Crippen molar-refractivity contribution in [2.45, 2.75) is 36.7 Å². The zero-order valence-electron chi connectivity index (χ0n) is 11.2. The minimum absolute atomic E-state index is 0.382. The molecule has 1 fully saturated rings. The van der Waals surface area contributed by atoms with E-state index in [0.29, 0.717) is 15.7 Å². The van der Waals surface area contributed by atoms with Crippen LogP contribution < -0.4 is 0 Å². The molecule has 0 amide bonds. The molecule has 2 aromatic heterocycles. The molecule has 0 radical (unpaired) electrons. The molecular weight excluding hydrogens is 328 g/mol. The number of aryl methyl sites for hydroxylation is 2. The lowest BCUT2D eigenvalue weighted by Crippen LogP contribution is -2.18. The van der Waals surface area contributed by atoms with Crippen molar-refractivity contribution in [1.82, 2.24) is 9.97 Å². The molecule has 0 spiro atoms. The number of fused-ring (bicyclic) bond motifs is 3. The van der Waals surface area contributed by atoms with Gasteiger partial charge in [0.05, 0.1) is 10.6 Å². The van der Waals surface area contributed by atoms with Crippen LogP contribution >= 0.6 is 46.5 Å². The van der Waals surface area contributed by atoms with E-state index in [0.717, 1.165) is 22.5 Å². The van der Waals surface area contributed by atoms with Crippen LogP contribution in [0.4, 0.5) is 0 Å². The van der Waals surface area contributed by atoms with E-state index in [9.17, 15) is 0 Å². The molecule has 1 saturated heterocycles. The largest absolute Gasteiger partial charge is 0.221 e. The Labute approximate surface area is 136 Å². The van der Waals surface area contributed by atoms with E-state index >= 15 is 0 Å². The van der Waals surface area contributed by atoms with Crippen LogP contribution in [0.2, 0.25) is 5.15 Å². The van der Waals surface area contributed by atoms with Crippen LogP contribution in [0.5, 0.6) is 0 Å². The zero-order valence-corrected chi connectivity index (χ0v) is 14.4. The Kier molecular flexibility index (Phi) is 3.65. The number of rotatable bonds is 1. The van der Waals surface area contributed by atoms with E-state index in [1.165, 1.54) is 34.8 Å². The van der Waals surface area contributed by atoms with Gasteiger partial charge >= 0.3 is 0 Å². The van der Waals surface area contributed by atoms with Gasteiger partial charge in [0, 0.05) is 21.6 Å². The molecule has 2 aromatic rings. The maximum absolute atomic E-state index is 6.49. The molecular formula is C14H15ClN2S3. The second-order valence-electron chi connectivity index (χ2n) is 5.28. The lowest BCUT2D eigenvalue weighted by atomic mass is 10.2. The van der Waals surface area contributed by atoms with Crippen molar-refractivity contribution in [1.29, 1.82) is 0 Å². The average molecular weight is 343 g/mol. The lowest BCUT2D eigenvalue weighted by molar-refractivity contribution is 0.833. The van der Waals surface area contributed by atoms with Crippen molar-refractivity contribution in [2.24, 2.45) is 0 Å². The summed E-state index contributed by atoms with van der Waals surface area (Å²) in [6, 6.07) is 0. The predicted molar refractivity (Wildman–Crippen MR) is 91.6 cm³/mol. The monoisotopic (exact) mass is 342 g/mol. The van der Waals surface area contributed by atoms with Gasteiger partial charge < -0.3 is 0 Å². The number of hydrogen-bond acceptors (Lipinski definition) is 5. The highest BCUT2D eigenvalue weighted by atomic mass is 35.5. The maximum atomic E-state index is 6.49. The molecule has 1 aliphatic carbocycles. The molecule has 0 N–H and O–H groups in total. The molecule has 2 aliphatic rings. The molecule has 3 heterocycles. The summed E-state index contributed by atoms with van der Waals surface area (Å²) in [5, 5.41) is 2.75. The molecule has 2 nitrogen and oxygen atoms in total. The van der Waals surface area contributed by atoms with E-state index in [-0.39, 0.29) is 0 Å². The maximum Gasteiger partial charge on any atom is 0.145 e. The van der Waals surface area contributed by atoms with E-state index in [2.05, 4.69) is 11.9 Å². The van der Waals surface area contributed by atoms with E-state index in [1.807, 2.05) is 34.9 Å². The summed E-state index contributed by atoms with van der Waals surface area (Å²) in [5.74, 6) is 3.35. The number of thiophene rings is 1. The molecule has 2 atom stereocenters. The smallest absolute Gasteiger partial charge is 0.145 e. The number of halogens is 1. The Hall–Kier alpha value is 0.0300. The van der Waals surface area contributed by atoms with Crippen LogP contribution in [-0.2, 0) is 12.8 Å². The summed E-state index contributed by atoms with van der Waals surface area (Å²) in [5.41, 5.74) is 1.42. The molecule has 0 bridgehead atoms. The van der Waals surface area contributed by atoms with E-state index in [1.54, 1.807) is 0 Å². The normalized spacial score (nSPS) is 26.1. The Balaban J connectivity index is 1.82. The Morgan fingerprint density at radius 3 is 2.85 bits per heavy atom. The SMILES string of the molecule is CC1SCCSC1c1nc(Cl)c2c3c(sc2n1)CCC3. The van der Waals surface area contributed by atoms with E-state index < -0.39 is 0 Å². The molecule has 0 saturated carbocycles. The van der Waals surface area contributed by atoms with Crippen molar-refractivity contribution in [3.05, 3.63) is 21.4 Å². The first kappa shape index (κ1) is 13.7. The van der Waals surface area contributed by atoms with Crippen LogP contribution in [0.15, 0.2) is 0 Å². The van der Waals surface area contributed by atoms with Crippen molar-refractivity contribution < 1.29 is 0 Å². The summed E-state index contributed by atoms with van der Waals surface area (Å²) < 4.78 is 0. The van der Waals surface area contributed by atoms with Gasteiger partial charge in [-0.3, -0.25) is 0 Å². The quantitative estimate of drug-likeness (QED) is 0.699. The van der Waals surface area contributed by atoms with Gasteiger partial charge in [-0.1, -0.05) is 18.5 Å². The first-order valence-corrected chi connectivity index (χ1v) is 10.2. The van der Waals surface area contributed by atoms with Gasteiger partial charge in [-0.2, -0.15) is 11.8 Å². The third-order valence-corrected chi connectivity index (χ3v) is 8.53. The molecule has 2 unspecified atom stereocenters.